The first kappa shape index (κ1) is 15.6. The van der Waals surface area contributed by atoms with E-state index >= 15 is 0 Å². The molecule has 1 heterocycles. The summed E-state index contributed by atoms with van der Waals surface area (Å²) in [4.78, 5) is 12.4. The number of ether oxygens (including phenoxy) is 1. The fraction of sp³-hybridized carbons (Fsp3) is 0.550. The van der Waals surface area contributed by atoms with Crippen LogP contribution in [-0.4, -0.2) is 18.6 Å². The highest BCUT2D eigenvalue weighted by Gasteiger charge is 2.46. The number of allylic oxidation sites excluding steroid dienone is 4. The fourth-order valence-corrected chi connectivity index (χ4v) is 4.69. The van der Waals surface area contributed by atoms with Gasteiger partial charge in [-0.25, -0.2) is 4.79 Å². The zero-order chi connectivity index (χ0) is 16.7. The number of rotatable bonds is 4. The molecule has 3 aliphatic carbocycles. The third-order valence-corrected chi connectivity index (χ3v) is 5.66. The molecule has 2 N–H and O–H groups in total. The number of nitrogens with one attached hydrogen (secondary N) is 2. The number of fused-ring (bicyclic) bond motifs is 4. The van der Waals surface area contributed by atoms with Gasteiger partial charge < -0.3 is 15.4 Å². The standard InChI is InChI=1S/C20H26N2O2/c1-3-24-20(23)19-18-14-8-7-13(10-14)17(18)16(11-21-19)22-15-6-4-5-12(2)9-15/h4,6,9,11-14,19,21-22H,3,5,7-8,10H2,1-2H3. The van der Waals surface area contributed by atoms with Gasteiger partial charge in [0, 0.05) is 11.9 Å². The van der Waals surface area contributed by atoms with E-state index < -0.39 is 0 Å². The van der Waals surface area contributed by atoms with Gasteiger partial charge in [0.1, 0.15) is 6.04 Å². The van der Waals surface area contributed by atoms with E-state index in [1.165, 1.54) is 30.4 Å². The lowest BCUT2D eigenvalue weighted by atomic mass is 9.84. The quantitative estimate of drug-likeness (QED) is 0.779. The lowest BCUT2D eigenvalue weighted by Crippen LogP contribution is -2.43. The number of carbonyl (C=O) groups is 1. The summed E-state index contributed by atoms with van der Waals surface area (Å²) < 4.78 is 5.29. The van der Waals surface area contributed by atoms with Crippen LogP contribution in [0.2, 0.25) is 0 Å². The van der Waals surface area contributed by atoms with Crippen molar-refractivity contribution in [3.05, 3.63) is 47.0 Å². The summed E-state index contributed by atoms with van der Waals surface area (Å²) in [6, 6.07) is -0.296. The zero-order valence-corrected chi connectivity index (χ0v) is 14.5. The van der Waals surface area contributed by atoms with E-state index in [2.05, 4.69) is 35.8 Å². The number of hydrogen-bond donors (Lipinski definition) is 2. The minimum Gasteiger partial charge on any atom is -0.464 e. The Morgan fingerprint density at radius 1 is 1.38 bits per heavy atom. The number of dihydropyridines is 1. The van der Waals surface area contributed by atoms with Gasteiger partial charge in [-0.2, -0.15) is 0 Å². The van der Waals surface area contributed by atoms with Crippen molar-refractivity contribution in [1.29, 1.82) is 0 Å². The Labute approximate surface area is 143 Å². The van der Waals surface area contributed by atoms with E-state index in [0.29, 0.717) is 24.4 Å². The maximum atomic E-state index is 12.4. The molecular formula is C20H26N2O2. The first-order valence-electron chi connectivity index (χ1n) is 9.20. The van der Waals surface area contributed by atoms with Crippen molar-refractivity contribution in [3.8, 4) is 0 Å². The van der Waals surface area contributed by atoms with Gasteiger partial charge in [-0.3, -0.25) is 0 Å². The summed E-state index contributed by atoms with van der Waals surface area (Å²) >= 11 is 0. The molecule has 0 aromatic rings. The maximum absolute atomic E-state index is 12.4. The molecule has 1 saturated carbocycles. The summed E-state index contributed by atoms with van der Waals surface area (Å²) in [6.45, 7) is 4.53. The predicted octanol–water partition coefficient (Wildman–Crippen LogP) is 3.16. The van der Waals surface area contributed by atoms with Crippen LogP contribution in [0.3, 0.4) is 0 Å². The molecule has 4 unspecified atom stereocenters. The largest absolute Gasteiger partial charge is 0.464 e. The zero-order valence-electron chi connectivity index (χ0n) is 14.5. The number of hydrogen-bond acceptors (Lipinski definition) is 4. The van der Waals surface area contributed by atoms with Crippen molar-refractivity contribution >= 4 is 5.97 Å². The lowest BCUT2D eigenvalue weighted by molar-refractivity contribution is -0.144. The van der Waals surface area contributed by atoms with E-state index in [9.17, 15) is 4.79 Å². The molecule has 0 radical (unpaired) electrons. The van der Waals surface area contributed by atoms with Gasteiger partial charge in [-0.1, -0.05) is 19.1 Å². The molecule has 4 heteroatoms. The lowest BCUT2D eigenvalue weighted by Gasteiger charge is -2.32. The number of carbonyl (C=O) groups excluding carboxylic acids is 1. The van der Waals surface area contributed by atoms with Crippen LogP contribution in [0, 0.1) is 17.8 Å². The second kappa shape index (κ2) is 6.15. The first-order valence-corrected chi connectivity index (χ1v) is 9.20. The Hall–Kier alpha value is -1.97. The van der Waals surface area contributed by atoms with Gasteiger partial charge in [-0.15, -0.1) is 0 Å². The van der Waals surface area contributed by atoms with Crippen LogP contribution in [0.4, 0.5) is 0 Å². The summed E-state index contributed by atoms with van der Waals surface area (Å²) in [6.07, 6.45) is 13.4. The molecule has 24 heavy (non-hydrogen) atoms. The fourth-order valence-electron chi connectivity index (χ4n) is 4.69. The third kappa shape index (κ3) is 2.58. The van der Waals surface area contributed by atoms with Crippen molar-refractivity contribution in [3.63, 3.8) is 0 Å². The van der Waals surface area contributed by atoms with Crippen LogP contribution in [0.15, 0.2) is 47.0 Å². The molecule has 2 bridgehead atoms. The van der Waals surface area contributed by atoms with Crippen LogP contribution in [-0.2, 0) is 9.53 Å². The average molecular weight is 326 g/mol. The van der Waals surface area contributed by atoms with E-state index in [1.54, 1.807) is 0 Å². The van der Waals surface area contributed by atoms with Crippen LogP contribution < -0.4 is 10.6 Å². The third-order valence-electron chi connectivity index (χ3n) is 5.66. The first-order chi connectivity index (χ1) is 11.7. The van der Waals surface area contributed by atoms with Crippen LogP contribution in [0.1, 0.15) is 39.5 Å². The van der Waals surface area contributed by atoms with Gasteiger partial charge >= 0.3 is 5.97 Å². The minimum atomic E-state index is -0.296. The van der Waals surface area contributed by atoms with Crippen molar-refractivity contribution in [2.24, 2.45) is 17.8 Å². The molecule has 4 nitrogen and oxygen atoms in total. The topological polar surface area (TPSA) is 50.4 Å². The van der Waals surface area contributed by atoms with Gasteiger partial charge in [0.25, 0.3) is 0 Å². The second-order valence-electron chi connectivity index (χ2n) is 7.35. The molecule has 4 atom stereocenters. The average Bonchev–Trinajstić information content (AvgIpc) is 3.17. The van der Waals surface area contributed by atoms with Gasteiger partial charge in [0.15, 0.2) is 0 Å². The second-order valence-corrected chi connectivity index (χ2v) is 7.35. The molecule has 0 amide bonds. The summed E-state index contributed by atoms with van der Waals surface area (Å²) in [7, 11) is 0. The molecule has 4 aliphatic rings. The smallest absolute Gasteiger partial charge is 0.332 e. The molecule has 1 aliphatic heterocycles. The van der Waals surface area contributed by atoms with Crippen molar-refractivity contribution in [2.75, 3.05) is 6.61 Å². The Morgan fingerprint density at radius 3 is 3.00 bits per heavy atom. The van der Waals surface area contributed by atoms with E-state index in [4.69, 9.17) is 4.74 Å². The molecule has 1 fully saturated rings. The van der Waals surface area contributed by atoms with E-state index in [1.807, 2.05) is 13.1 Å². The molecule has 0 aromatic carbocycles. The molecule has 0 saturated heterocycles. The monoisotopic (exact) mass is 326 g/mol. The molecule has 0 aromatic heterocycles. The van der Waals surface area contributed by atoms with Gasteiger partial charge in [-0.05, 0) is 67.6 Å². The van der Waals surface area contributed by atoms with E-state index in [-0.39, 0.29) is 12.0 Å². The normalized spacial score (nSPS) is 33.6. The minimum absolute atomic E-state index is 0.141. The molecular weight excluding hydrogens is 300 g/mol. The molecule has 0 spiro atoms. The van der Waals surface area contributed by atoms with Gasteiger partial charge in [0.05, 0.1) is 12.3 Å². The highest BCUT2D eigenvalue weighted by Crippen LogP contribution is 2.52. The van der Waals surface area contributed by atoms with Crippen molar-refractivity contribution in [2.45, 2.75) is 45.6 Å². The SMILES string of the molecule is CCOC(=O)C1NC=C(NC2=CC(C)CC=C2)C2=C1C1CCC2C1. The van der Waals surface area contributed by atoms with Crippen molar-refractivity contribution in [1.82, 2.24) is 10.6 Å². The molecule has 4 rings (SSSR count). The van der Waals surface area contributed by atoms with Gasteiger partial charge in [0.2, 0.25) is 0 Å². The van der Waals surface area contributed by atoms with E-state index in [0.717, 1.165) is 17.8 Å². The highest BCUT2D eigenvalue weighted by molar-refractivity contribution is 5.82. The summed E-state index contributed by atoms with van der Waals surface area (Å²) in [5.41, 5.74) is 4.95. The van der Waals surface area contributed by atoms with Crippen LogP contribution in [0.25, 0.3) is 0 Å². The molecule has 128 valence electrons. The summed E-state index contributed by atoms with van der Waals surface area (Å²) in [5, 5.41) is 6.90. The highest BCUT2D eigenvalue weighted by atomic mass is 16.5. The van der Waals surface area contributed by atoms with Crippen LogP contribution in [0.5, 0.6) is 0 Å². The number of esters is 1. The Kier molecular flexibility index (Phi) is 3.99. The summed E-state index contributed by atoms with van der Waals surface area (Å²) in [5.74, 6) is 1.55. The maximum Gasteiger partial charge on any atom is 0.332 e. The predicted molar refractivity (Wildman–Crippen MR) is 93.6 cm³/mol. The Bertz CT molecular complexity index is 671. The van der Waals surface area contributed by atoms with Crippen LogP contribution >= 0.6 is 0 Å². The Morgan fingerprint density at radius 2 is 2.21 bits per heavy atom. The van der Waals surface area contributed by atoms with Crippen molar-refractivity contribution < 1.29 is 9.53 Å². The Balaban J connectivity index is 1.62.